The van der Waals surface area contributed by atoms with E-state index < -0.39 is 0 Å². The van der Waals surface area contributed by atoms with Gasteiger partial charge in [-0.15, -0.1) is 0 Å². The van der Waals surface area contributed by atoms with E-state index in [0.717, 1.165) is 46.1 Å². The molecule has 2 aromatic carbocycles. The van der Waals surface area contributed by atoms with Crippen molar-refractivity contribution in [3.05, 3.63) is 48.3 Å². The molecule has 0 fully saturated rings. The highest BCUT2D eigenvalue weighted by Gasteiger charge is 2.14. The van der Waals surface area contributed by atoms with E-state index in [1.54, 1.807) is 6.07 Å². The van der Waals surface area contributed by atoms with Gasteiger partial charge >= 0.3 is 0 Å². The highest BCUT2D eigenvalue weighted by atomic mass is 19.1. The van der Waals surface area contributed by atoms with Crippen LogP contribution in [0.25, 0.3) is 33.1 Å². The second-order valence-corrected chi connectivity index (χ2v) is 5.20. The Labute approximate surface area is 121 Å². The second kappa shape index (κ2) is 4.52. The van der Waals surface area contributed by atoms with Gasteiger partial charge in [0.2, 0.25) is 0 Å². The maximum absolute atomic E-state index is 13.6. The lowest BCUT2D eigenvalue weighted by Gasteiger charge is -2.04. The normalized spacial score (nSPS) is 11.7. The predicted octanol–water partition coefficient (Wildman–Crippen LogP) is 4.29. The average Bonchev–Trinajstić information content (AvgIpc) is 2.79. The first-order valence-electron chi connectivity index (χ1n) is 7.12. The molecule has 0 aliphatic rings. The molecule has 0 saturated heterocycles. The zero-order valence-electron chi connectivity index (χ0n) is 11.7. The van der Waals surface area contributed by atoms with Gasteiger partial charge in [0.15, 0.2) is 5.65 Å². The van der Waals surface area contributed by atoms with E-state index in [9.17, 15) is 4.39 Å². The van der Waals surface area contributed by atoms with E-state index in [1.165, 1.54) is 6.07 Å². The Balaban J connectivity index is 2.22. The Kier molecular flexibility index (Phi) is 2.64. The van der Waals surface area contributed by atoms with Gasteiger partial charge in [0, 0.05) is 11.9 Å². The van der Waals surface area contributed by atoms with Crippen molar-refractivity contribution in [3.8, 4) is 0 Å². The van der Waals surface area contributed by atoms with Crippen molar-refractivity contribution < 1.29 is 4.39 Å². The van der Waals surface area contributed by atoms with Gasteiger partial charge < -0.3 is 4.57 Å². The van der Waals surface area contributed by atoms with Crippen LogP contribution in [0.5, 0.6) is 0 Å². The summed E-state index contributed by atoms with van der Waals surface area (Å²) in [6.45, 7) is 2.97. The monoisotopic (exact) mass is 279 g/mol. The van der Waals surface area contributed by atoms with E-state index >= 15 is 0 Å². The molecule has 21 heavy (non-hydrogen) atoms. The van der Waals surface area contributed by atoms with Crippen molar-refractivity contribution >= 4 is 33.1 Å². The van der Waals surface area contributed by atoms with Gasteiger partial charge in [0.1, 0.15) is 11.3 Å². The highest BCUT2D eigenvalue weighted by Crippen LogP contribution is 2.29. The minimum absolute atomic E-state index is 0.243. The molecule has 4 rings (SSSR count). The Hall–Kier alpha value is -2.49. The van der Waals surface area contributed by atoms with E-state index in [2.05, 4.69) is 11.5 Å². The van der Waals surface area contributed by atoms with Gasteiger partial charge in [-0.1, -0.05) is 19.1 Å². The first kappa shape index (κ1) is 12.3. The van der Waals surface area contributed by atoms with Crippen LogP contribution in [0.15, 0.2) is 42.5 Å². The second-order valence-electron chi connectivity index (χ2n) is 5.20. The van der Waals surface area contributed by atoms with Crippen molar-refractivity contribution in [1.29, 1.82) is 0 Å². The maximum atomic E-state index is 13.6. The van der Waals surface area contributed by atoms with Gasteiger partial charge in [0.25, 0.3) is 0 Å². The molecule has 4 aromatic rings. The van der Waals surface area contributed by atoms with Crippen LogP contribution in [0.2, 0.25) is 0 Å². The molecule has 0 radical (unpaired) electrons. The third-order valence-electron chi connectivity index (χ3n) is 3.76. The van der Waals surface area contributed by atoms with Gasteiger partial charge in [-0.05, 0) is 36.8 Å². The number of rotatable bonds is 2. The standard InChI is InChI=1S/C17H14FN3/c1-2-9-21-15-8-7-11(18)10-12(15)16-17(21)20-14-6-4-3-5-13(14)19-16/h3-8,10H,2,9H2,1H3. The van der Waals surface area contributed by atoms with Gasteiger partial charge in [0.05, 0.1) is 16.6 Å². The summed E-state index contributed by atoms with van der Waals surface area (Å²) in [6, 6.07) is 12.6. The summed E-state index contributed by atoms with van der Waals surface area (Å²) in [6.07, 6.45) is 0.991. The van der Waals surface area contributed by atoms with Gasteiger partial charge in [-0.2, -0.15) is 0 Å². The highest BCUT2D eigenvalue weighted by molar-refractivity contribution is 6.06. The fraction of sp³-hybridized carbons (Fsp3) is 0.176. The first-order chi connectivity index (χ1) is 10.3. The molecule has 4 heteroatoms. The number of hydrogen-bond donors (Lipinski definition) is 0. The number of para-hydroxylation sites is 2. The molecule has 0 spiro atoms. The van der Waals surface area contributed by atoms with Crippen LogP contribution < -0.4 is 0 Å². The number of nitrogens with zero attached hydrogens (tertiary/aromatic N) is 3. The van der Waals surface area contributed by atoms with Crippen molar-refractivity contribution in [1.82, 2.24) is 14.5 Å². The van der Waals surface area contributed by atoms with Crippen molar-refractivity contribution in [2.24, 2.45) is 0 Å². The van der Waals surface area contributed by atoms with E-state index in [4.69, 9.17) is 9.97 Å². The third kappa shape index (κ3) is 1.79. The molecule has 104 valence electrons. The molecule has 0 unspecified atom stereocenters. The first-order valence-corrected chi connectivity index (χ1v) is 7.12. The fourth-order valence-electron chi connectivity index (χ4n) is 2.86. The summed E-state index contributed by atoms with van der Waals surface area (Å²) < 4.78 is 15.7. The van der Waals surface area contributed by atoms with Crippen LogP contribution in [0.1, 0.15) is 13.3 Å². The van der Waals surface area contributed by atoms with Crippen molar-refractivity contribution in [2.75, 3.05) is 0 Å². The molecule has 2 aromatic heterocycles. The van der Waals surface area contributed by atoms with E-state index in [0.29, 0.717) is 0 Å². The van der Waals surface area contributed by atoms with Crippen LogP contribution in [0.4, 0.5) is 4.39 Å². The third-order valence-corrected chi connectivity index (χ3v) is 3.76. The fourth-order valence-corrected chi connectivity index (χ4v) is 2.86. The zero-order chi connectivity index (χ0) is 14.4. The lowest BCUT2D eigenvalue weighted by Crippen LogP contribution is -1.98. The van der Waals surface area contributed by atoms with Crippen LogP contribution in [-0.4, -0.2) is 14.5 Å². The van der Waals surface area contributed by atoms with E-state index in [1.807, 2.05) is 30.3 Å². The van der Waals surface area contributed by atoms with Gasteiger partial charge in [-0.3, -0.25) is 0 Å². The summed E-state index contributed by atoms with van der Waals surface area (Å²) in [5, 5.41) is 0.830. The molecule has 3 nitrogen and oxygen atoms in total. The van der Waals surface area contributed by atoms with Crippen LogP contribution >= 0.6 is 0 Å². The average molecular weight is 279 g/mol. The molecule has 0 aliphatic heterocycles. The molecule has 0 saturated carbocycles. The molecule has 2 heterocycles. The summed E-state index contributed by atoms with van der Waals surface area (Å²) in [5.74, 6) is -0.243. The molecule has 0 amide bonds. The Morgan fingerprint density at radius 2 is 1.81 bits per heavy atom. The Morgan fingerprint density at radius 1 is 1.05 bits per heavy atom. The number of hydrogen-bond acceptors (Lipinski definition) is 2. The molecular weight excluding hydrogens is 265 g/mol. The number of benzene rings is 2. The lowest BCUT2D eigenvalue weighted by atomic mass is 10.2. The SMILES string of the molecule is CCCn1c2ccc(F)cc2c2nc3ccccc3nc21. The molecular formula is C17H14FN3. The molecule has 0 atom stereocenters. The summed E-state index contributed by atoms with van der Waals surface area (Å²) in [4.78, 5) is 9.44. The minimum atomic E-state index is -0.243. The van der Waals surface area contributed by atoms with Crippen LogP contribution in [0, 0.1) is 5.82 Å². The Bertz CT molecular complexity index is 972. The number of aryl methyl sites for hydroxylation is 1. The lowest BCUT2D eigenvalue weighted by molar-refractivity contribution is 0.629. The Morgan fingerprint density at radius 3 is 2.57 bits per heavy atom. The molecule has 0 bridgehead atoms. The number of aromatic nitrogens is 3. The largest absolute Gasteiger partial charge is 0.324 e. The smallest absolute Gasteiger partial charge is 0.160 e. The van der Waals surface area contributed by atoms with Crippen molar-refractivity contribution in [3.63, 3.8) is 0 Å². The minimum Gasteiger partial charge on any atom is -0.324 e. The van der Waals surface area contributed by atoms with E-state index in [-0.39, 0.29) is 5.82 Å². The molecule has 0 N–H and O–H groups in total. The summed E-state index contributed by atoms with van der Waals surface area (Å²) in [7, 11) is 0. The quantitative estimate of drug-likeness (QED) is 0.548. The topological polar surface area (TPSA) is 30.7 Å². The summed E-state index contributed by atoms with van der Waals surface area (Å²) in [5.41, 5.74) is 4.30. The predicted molar refractivity (Wildman–Crippen MR) is 82.8 cm³/mol. The molecule has 0 aliphatic carbocycles. The van der Waals surface area contributed by atoms with Crippen molar-refractivity contribution in [2.45, 2.75) is 19.9 Å². The summed E-state index contributed by atoms with van der Waals surface area (Å²) >= 11 is 0. The van der Waals surface area contributed by atoms with Crippen LogP contribution in [0.3, 0.4) is 0 Å². The maximum Gasteiger partial charge on any atom is 0.160 e. The number of halogens is 1. The van der Waals surface area contributed by atoms with Gasteiger partial charge in [-0.25, -0.2) is 14.4 Å². The zero-order valence-corrected chi connectivity index (χ0v) is 11.7. The van der Waals surface area contributed by atoms with Crippen LogP contribution in [-0.2, 0) is 6.54 Å². The number of fused-ring (bicyclic) bond motifs is 4.